The summed E-state index contributed by atoms with van der Waals surface area (Å²) >= 11 is 16.7. The first-order valence-corrected chi connectivity index (χ1v) is 7.58. The molecule has 0 amide bonds. The van der Waals surface area contributed by atoms with Crippen LogP contribution in [0.15, 0.2) is 29.2 Å². The van der Waals surface area contributed by atoms with Gasteiger partial charge in [0.05, 0.1) is 5.02 Å². The predicted molar refractivity (Wildman–Crippen MR) is 74.3 cm³/mol. The lowest BCUT2D eigenvalue weighted by Gasteiger charge is -2.09. The molecule has 106 valence electrons. The van der Waals surface area contributed by atoms with Crippen molar-refractivity contribution in [3.05, 3.63) is 45.5 Å². The van der Waals surface area contributed by atoms with Crippen LogP contribution < -0.4 is 4.72 Å². The van der Waals surface area contributed by atoms with Gasteiger partial charge in [0.25, 0.3) is 10.0 Å². The Balaban J connectivity index is 2.43. The van der Waals surface area contributed by atoms with Crippen molar-refractivity contribution in [1.29, 1.82) is 0 Å². The lowest BCUT2D eigenvalue weighted by Crippen LogP contribution is -2.15. The number of hydrogen-bond donors (Lipinski definition) is 1. The maximum Gasteiger partial charge on any atom is 0.266 e. The van der Waals surface area contributed by atoms with Crippen molar-refractivity contribution in [2.75, 3.05) is 4.72 Å². The van der Waals surface area contributed by atoms with Crippen LogP contribution in [0.1, 0.15) is 0 Å². The van der Waals surface area contributed by atoms with Gasteiger partial charge in [0.15, 0.2) is 5.82 Å². The summed E-state index contributed by atoms with van der Waals surface area (Å²) in [5.41, 5.74) is 0. The number of nitrogens with zero attached hydrogens (tertiary/aromatic N) is 2. The summed E-state index contributed by atoms with van der Waals surface area (Å²) in [4.78, 5) is 6.56. The predicted octanol–water partition coefficient (Wildman–Crippen LogP) is 3.38. The highest BCUT2D eigenvalue weighted by atomic mass is 35.5. The molecule has 1 aromatic heterocycles. The molecule has 2 aromatic rings. The van der Waals surface area contributed by atoms with E-state index in [1.807, 2.05) is 4.72 Å². The standard InChI is InChI=1S/C10H5Cl3FN3O2S/c11-5-2-1-3-6(9(5)14)20(18,19)17-8-4-7(12)15-10(13)16-8/h1-4H,(H,15,16,17). The monoisotopic (exact) mass is 355 g/mol. The molecule has 0 fully saturated rings. The Morgan fingerprint density at radius 1 is 1.15 bits per heavy atom. The van der Waals surface area contributed by atoms with Gasteiger partial charge in [0.2, 0.25) is 5.28 Å². The molecule has 5 nitrogen and oxygen atoms in total. The van der Waals surface area contributed by atoms with Crippen molar-refractivity contribution in [3.63, 3.8) is 0 Å². The molecule has 0 radical (unpaired) electrons. The Morgan fingerprint density at radius 3 is 2.50 bits per heavy atom. The van der Waals surface area contributed by atoms with E-state index in [9.17, 15) is 12.8 Å². The van der Waals surface area contributed by atoms with Gasteiger partial charge in [-0.3, -0.25) is 4.72 Å². The number of benzene rings is 1. The van der Waals surface area contributed by atoms with Gasteiger partial charge < -0.3 is 0 Å². The van der Waals surface area contributed by atoms with E-state index in [1.54, 1.807) is 0 Å². The van der Waals surface area contributed by atoms with Gasteiger partial charge in [0.1, 0.15) is 15.9 Å². The molecule has 0 bridgehead atoms. The fourth-order valence-corrected chi connectivity index (χ4v) is 3.06. The number of sulfonamides is 1. The van der Waals surface area contributed by atoms with Crippen molar-refractivity contribution < 1.29 is 12.8 Å². The van der Waals surface area contributed by atoms with Crippen LogP contribution in [0.2, 0.25) is 15.5 Å². The molecule has 0 unspecified atom stereocenters. The number of anilines is 1. The molecule has 20 heavy (non-hydrogen) atoms. The first kappa shape index (κ1) is 15.2. The Hall–Kier alpha value is -1.15. The summed E-state index contributed by atoms with van der Waals surface area (Å²) in [6.45, 7) is 0. The molecule has 0 aliphatic carbocycles. The maximum atomic E-state index is 13.7. The Morgan fingerprint density at radius 2 is 1.85 bits per heavy atom. The Bertz CT molecular complexity index is 750. The zero-order valence-corrected chi connectivity index (χ0v) is 12.5. The summed E-state index contributed by atoms with van der Waals surface area (Å²) in [5, 5.41) is -0.623. The molecule has 0 saturated heterocycles. The second-order valence-corrected chi connectivity index (χ2v) is 6.29. The van der Waals surface area contributed by atoms with Crippen LogP contribution >= 0.6 is 34.8 Å². The maximum absolute atomic E-state index is 13.7. The number of nitrogens with one attached hydrogen (secondary N) is 1. The van der Waals surface area contributed by atoms with Crippen molar-refractivity contribution >= 4 is 50.6 Å². The van der Waals surface area contributed by atoms with E-state index in [2.05, 4.69) is 9.97 Å². The summed E-state index contributed by atoms with van der Waals surface area (Å²) in [7, 11) is -4.22. The third kappa shape index (κ3) is 3.29. The molecule has 1 N–H and O–H groups in total. The third-order valence-electron chi connectivity index (χ3n) is 2.11. The first-order chi connectivity index (χ1) is 9.29. The quantitative estimate of drug-likeness (QED) is 0.676. The summed E-state index contributed by atoms with van der Waals surface area (Å²) < 4.78 is 39.8. The third-order valence-corrected chi connectivity index (χ3v) is 4.14. The van der Waals surface area contributed by atoms with Crippen LogP contribution in [0.3, 0.4) is 0 Å². The topological polar surface area (TPSA) is 72.0 Å². The molecule has 0 spiro atoms. The highest BCUT2D eigenvalue weighted by Gasteiger charge is 2.21. The summed E-state index contributed by atoms with van der Waals surface area (Å²) in [6, 6.07) is 4.73. The molecule has 0 atom stereocenters. The van der Waals surface area contributed by atoms with E-state index in [0.29, 0.717) is 0 Å². The molecule has 0 saturated carbocycles. The van der Waals surface area contributed by atoms with Crippen molar-refractivity contribution in [1.82, 2.24) is 9.97 Å². The van der Waals surface area contributed by atoms with Gasteiger partial charge in [-0.05, 0) is 23.7 Å². The molecule has 2 rings (SSSR count). The zero-order valence-electron chi connectivity index (χ0n) is 9.44. The van der Waals surface area contributed by atoms with Crippen LogP contribution in [0.25, 0.3) is 0 Å². The minimum absolute atomic E-state index is 0.0609. The van der Waals surface area contributed by atoms with Crippen LogP contribution in [0.5, 0.6) is 0 Å². The number of halogens is 4. The average molecular weight is 357 g/mol. The van der Waals surface area contributed by atoms with Crippen molar-refractivity contribution in [3.8, 4) is 0 Å². The first-order valence-electron chi connectivity index (χ1n) is 4.96. The normalized spacial score (nSPS) is 11.4. The van der Waals surface area contributed by atoms with Gasteiger partial charge >= 0.3 is 0 Å². The summed E-state index contributed by atoms with van der Waals surface area (Å²) in [6.07, 6.45) is 0. The molecular formula is C10H5Cl3FN3O2S. The van der Waals surface area contributed by atoms with E-state index < -0.39 is 20.7 Å². The minimum Gasteiger partial charge on any atom is -0.263 e. The lowest BCUT2D eigenvalue weighted by molar-refractivity contribution is 0.570. The Kier molecular flexibility index (Phi) is 4.33. The number of aromatic nitrogens is 2. The molecule has 1 heterocycles. The molecule has 0 aliphatic rings. The van der Waals surface area contributed by atoms with Crippen molar-refractivity contribution in [2.24, 2.45) is 0 Å². The minimum atomic E-state index is -4.22. The molecule has 10 heteroatoms. The van der Waals surface area contributed by atoms with Gasteiger partial charge in [-0.15, -0.1) is 0 Å². The highest BCUT2D eigenvalue weighted by Crippen LogP contribution is 2.24. The largest absolute Gasteiger partial charge is 0.266 e. The van der Waals surface area contributed by atoms with E-state index in [1.165, 1.54) is 12.1 Å². The SMILES string of the molecule is O=S(=O)(Nc1cc(Cl)nc(Cl)n1)c1cccc(Cl)c1F. The van der Waals surface area contributed by atoms with Crippen molar-refractivity contribution in [2.45, 2.75) is 4.90 Å². The van der Waals surface area contributed by atoms with Gasteiger partial charge in [-0.25, -0.2) is 17.8 Å². The molecule has 0 aliphatic heterocycles. The Labute approximate surface area is 128 Å². The van der Waals surface area contributed by atoms with Gasteiger partial charge in [0, 0.05) is 6.07 Å². The zero-order chi connectivity index (χ0) is 14.9. The van der Waals surface area contributed by atoms with E-state index in [4.69, 9.17) is 34.8 Å². The molecular weight excluding hydrogens is 352 g/mol. The molecule has 1 aromatic carbocycles. The van der Waals surface area contributed by atoms with Gasteiger partial charge in [-0.2, -0.15) is 4.98 Å². The van der Waals surface area contributed by atoms with E-state index in [0.717, 1.165) is 12.1 Å². The second-order valence-electron chi connectivity index (χ2n) is 3.50. The van der Waals surface area contributed by atoms with Crippen LogP contribution in [-0.2, 0) is 10.0 Å². The fourth-order valence-electron chi connectivity index (χ4n) is 1.33. The number of rotatable bonds is 3. The van der Waals surface area contributed by atoms with Gasteiger partial charge in [-0.1, -0.05) is 29.3 Å². The highest BCUT2D eigenvalue weighted by molar-refractivity contribution is 7.92. The lowest BCUT2D eigenvalue weighted by atomic mass is 10.3. The van der Waals surface area contributed by atoms with Crippen LogP contribution in [0, 0.1) is 5.82 Å². The van der Waals surface area contributed by atoms with Crippen LogP contribution in [0.4, 0.5) is 10.2 Å². The smallest absolute Gasteiger partial charge is 0.263 e. The second kappa shape index (κ2) is 5.69. The number of hydrogen-bond acceptors (Lipinski definition) is 4. The van der Waals surface area contributed by atoms with E-state index in [-0.39, 0.29) is 21.3 Å². The van der Waals surface area contributed by atoms with Crippen LogP contribution in [-0.4, -0.2) is 18.4 Å². The fraction of sp³-hybridized carbons (Fsp3) is 0. The van der Waals surface area contributed by atoms with E-state index >= 15 is 0 Å². The average Bonchev–Trinajstić information content (AvgIpc) is 2.30. The summed E-state index contributed by atoms with van der Waals surface area (Å²) in [5.74, 6) is -1.25.